The standard InChI is InChI=1S/C14H13F6NO3/c1-3-10(24-12(23)14(18,19)20)8-5-4-6-9(7-8)21(2)11(22)13(15,16)17/h4-7,10H,3H2,1-2H3. The number of carbonyl (C=O) groups excluding carboxylic acids is 2. The summed E-state index contributed by atoms with van der Waals surface area (Å²) in [7, 11) is 0.873. The molecule has 0 aliphatic carbocycles. The van der Waals surface area contributed by atoms with Crippen molar-refractivity contribution in [1.29, 1.82) is 0 Å². The lowest BCUT2D eigenvalue weighted by Gasteiger charge is -2.22. The highest BCUT2D eigenvalue weighted by atomic mass is 19.4. The summed E-state index contributed by atoms with van der Waals surface area (Å²) in [4.78, 5) is 22.4. The number of hydrogen-bond donors (Lipinski definition) is 0. The van der Waals surface area contributed by atoms with E-state index in [0.717, 1.165) is 13.1 Å². The molecule has 0 saturated carbocycles. The number of anilines is 1. The Labute approximate surface area is 133 Å². The maximum atomic E-state index is 12.4. The van der Waals surface area contributed by atoms with Crippen molar-refractivity contribution in [2.75, 3.05) is 11.9 Å². The monoisotopic (exact) mass is 357 g/mol. The molecule has 0 fully saturated rings. The average molecular weight is 357 g/mol. The van der Waals surface area contributed by atoms with Gasteiger partial charge in [0.2, 0.25) is 0 Å². The first kappa shape index (κ1) is 19.8. The molecule has 0 N–H and O–H groups in total. The lowest BCUT2D eigenvalue weighted by atomic mass is 10.1. The molecule has 10 heteroatoms. The number of alkyl halides is 6. The van der Waals surface area contributed by atoms with Gasteiger partial charge < -0.3 is 9.64 Å². The predicted molar refractivity (Wildman–Crippen MR) is 71.1 cm³/mol. The SMILES string of the molecule is CCC(OC(=O)C(F)(F)F)c1cccc(N(C)C(=O)C(F)(F)F)c1. The largest absolute Gasteiger partial charge is 0.490 e. The van der Waals surface area contributed by atoms with E-state index in [-0.39, 0.29) is 17.7 Å². The zero-order chi connectivity index (χ0) is 18.7. The van der Waals surface area contributed by atoms with E-state index in [4.69, 9.17) is 0 Å². The van der Waals surface area contributed by atoms with Gasteiger partial charge in [-0.05, 0) is 24.1 Å². The molecule has 0 aliphatic heterocycles. The summed E-state index contributed by atoms with van der Waals surface area (Å²) in [5, 5.41) is 0. The third kappa shape index (κ3) is 4.87. The summed E-state index contributed by atoms with van der Waals surface area (Å²) in [5.41, 5.74) is -0.161. The van der Waals surface area contributed by atoms with Crippen LogP contribution in [0.2, 0.25) is 0 Å². The van der Waals surface area contributed by atoms with Gasteiger partial charge in [-0.2, -0.15) is 26.3 Å². The third-order valence-corrected chi connectivity index (χ3v) is 3.03. The van der Waals surface area contributed by atoms with Crippen molar-refractivity contribution in [3.05, 3.63) is 29.8 Å². The molecule has 0 spiro atoms. The molecule has 0 saturated heterocycles. The number of carbonyl (C=O) groups is 2. The van der Waals surface area contributed by atoms with Gasteiger partial charge in [-0.25, -0.2) is 4.79 Å². The van der Waals surface area contributed by atoms with Crippen molar-refractivity contribution in [3.8, 4) is 0 Å². The van der Waals surface area contributed by atoms with Crippen molar-refractivity contribution in [1.82, 2.24) is 0 Å². The van der Waals surface area contributed by atoms with Crippen molar-refractivity contribution < 1.29 is 40.7 Å². The Morgan fingerprint density at radius 1 is 1.12 bits per heavy atom. The summed E-state index contributed by atoms with van der Waals surface area (Å²) < 4.78 is 78.4. The van der Waals surface area contributed by atoms with E-state index in [1.807, 2.05) is 0 Å². The van der Waals surface area contributed by atoms with Crippen LogP contribution in [-0.4, -0.2) is 31.3 Å². The highest BCUT2D eigenvalue weighted by molar-refractivity contribution is 5.96. The number of benzene rings is 1. The van der Waals surface area contributed by atoms with Gasteiger partial charge in [0, 0.05) is 12.7 Å². The Morgan fingerprint density at radius 3 is 2.17 bits per heavy atom. The van der Waals surface area contributed by atoms with Crippen LogP contribution in [0.5, 0.6) is 0 Å². The van der Waals surface area contributed by atoms with Crippen molar-refractivity contribution in [2.45, 2.75) is 31.8 Å². The molecule has 134 valence electrons. The fourth-order valence-corrected chi connectivity index (χ4v) is 1.82. The van der Waals surface area contributed by atoms with Crippen LogP contribution in [0.4, 0.5) is 32.0 Å². The molecule has 0 bridgehead atoms. The number of hydrogen-bond acceptors (Lipinski definition) is 3. The minimum Gasteiger partial charge on any atom is -0.451 e. The van der Waals surface area contributed by atoms with E-state index in [1.165, 1.54) is 25.1 Å². The quantitative estimate of drug-likeness (QED) is 0.609. The molecule has 24 heavy (non-hydrogen) atoms. The van der Waals surface area contributed by atoms with Crippen LogP contribution in [-0.2, 0) is 14.3 Å². The summed E-state index contributed by atoms with van der Waals surface area (Å²) in [6.45, 7) is 1.44. The van der Waals surface area contributed by atoms with E-state index in [0.29, 0.717) is 4.90 Å². The Balaban J connectivity index is 3.05. The fraction of sp³-hybridized carbons (Fsp3) is 0.429. The molecule has 4 nitrogen and oxygen atoms in total. The van der Waals surface area contributed by atoms with Gasteiger partial charge in [0.25, 0.3) is 0 Å². The zero-order valence-corrected chi connectivity index (χ0v) is 12.5. The smallest absolute Gasteiger partial charge is 0.451 e. The molecule has 0 radical (unpaired) electrons. The molecular formula is C14H13F6NO3. The van der Waals surface area contributed by atoms with Gasteiger partial charge in [-0.1, -0.05) is 19.1 Å². The number of halogens is 6. The van der Waals surface area contributed by atoms with Crippen LogP contribution in [0.25, 0.3) is 0 Å². The minimum absolute atomic E-state index is 0.0365. The highest BCUT2D eigenvalue weighted by Gasteiger charge is 2.43. The molecule has 0 aromatic heterocycles. The Bertz CT molecular complexity index is 611. The summed E-state index contributed by atoms with van der Waals surface area (Å²) in [5.74, 6) is -4.54. The van der Waals surface area contributed by atoms with Gasteiger partial charge in [-0.3, -0.25) is 4.79 Å². The second kappa shape index (κ2) is 7.10. The summed E-state index contributed by atoms with van der Waals surface area (Å²) >= 11 is 0. The fourth-order valence-electron chi connectivity index (χ4n) is 1.82. The number of nitrogens with zero attached hydrogens (tertiary/aromatic N) is 1. The van der Waals surface area contributed by atoms with E-state index in [2.05, 4.69) is 4.74 Å². The zero-order valence-electron chi connectivity index (χ0n) is 12.5. The molecular weight excluding hydrogens is 344 g/mol. The van der Waals surface area contributed by atoms with Gasteiger partial charge in [0.15, 0.2) is 0 Å². The van der Waals surface area contributed by atoms with E-state index in [9.17, 15) is 35.9 Å². The van der Waals surface area contributed by atoms with Gasteiger partial charge >= 0.3 is 24.2 Å². The molecule has 1 aromatic carbocycles. The molecule has 1 unspecified atom stereocenters. The first-order chi connectivity index (χ1) is 10.9. The molecule has 1 amide bonds. The van der Waals surface area contributed by atoms with Gasteiger partial charge in [-0.15, -0.1) is 0 Å². The Hall–Kier alpha value is -2.26. The summed E-state index contributed by atoms with van der Waals surface area (Å²) in [6.07, 6.45) is -11.6. The molecule has 1 rings (SSSR count). The Morgan fingerprint density at radius 2 is 1.71 bits per heavy atom. The first-order valence-corrected chi connectivity index (χ1v) is 6.60. The normalized spacial score (nSPS) is 13.3. The van der Waals surface area contributed by atoms with Crippen molar-refractivity contribution in [2.24, 2.45) is 0 Å². The van der Waals surface area contributed by atoms with E-state index < -0.39 is 30.3 Å². The topological polar surface area (TPSA) is 46.6 Å². The van der Waals surface area contributed by atoms with Crippen molar-refractivity contribution >= 4 is 17.6 Å². The molecule has 0 heterocycles. The van der Waals surface area contributed by atoms with E-state index in [1.54, 1.807) is 0 Å². The predicted octanol–water partition coefficient (Wildman–Crippen LogP) is 3.77. The second-order valence-corrected chi connectivity index (χ2v) is 4.76. The average Bonchev–Trinajstić information content (AvgIpc) is 2.49. The summed E-state index contributed by atoms with van der Waals surface area (Å²) in [6, 6.07) is 4.76. The van der Waals surface area contributed by atoms with Crippen LogP contribution in [0.1, 0.15) is 25.0 Å². The molecule has 1 aromatic rings. The lowest BCUT2D eigenvalue weighted by molar-refractivity contribution is -0.205. The third-order valence-electron chi connectivity index (χ3n) is 3.03. The first-order valence-electron chi connectivity index (χ1n) is 6.60. The van der Waals surface area contributed by atoms with Crippen molar-refractivity contribution in [3.63, 3.8) is 0 Å². The maximum absolute atomic E-state index is 12.4. The van der Waals surface area contributed by atoms with Crippen LogP contribution in [0.15, 0.2) is 24.3 Å². The van der Waals surface area contributed by atoms with Crippen LogP contribution in [0, 0.1) is 0 Å². The second-order valence-electron chi connectivity index (χ2n) is 4.76. The number of rotatable bonds is 4. The minimum atomic E-state index is -5.19. The highest BCUT2D eigenvalue weighted by Crippen LogP contribution is 2.29. The Kier molecular flexibility index (Phi) is 5.85. The lowest BCUT2D eigenvalue weighted by Crippen LogP contribution is -2.38. The van der Waals surface area contributed by atoms with Gasteiger partial charge in [0.05, 0.1) is 0 Å². The van der Waals surface area contributed by atoms with Crippen LogP contribution < -0.4 is 4.90 Å². The number of esters is 1. The maximum Gasteiger partial charge on any atom is 0.490 e. The van der Waals surface area contributed by atoms with E-state index >= 15 is 0 Å². The van der Waals surface area contributed by atoms with Crippen LogP contribution >= 0.6 is 0 Å². The van der Waals surface area contributed by atoms with Gasteiger partial charge in [0.1, 0.15) is 6.10 Å². The van der Waals surface area contributed by atoms with Crippen LogP contribution in [0.3, 0.4) is 0 Å². The number of ether oxygens (including phenoxy) is 1. The number of amides is 1. The molecule has 0 aliphatic rings. The molecule has 1 atom stereocenters.